The molecule has 0 aromatic rings. The van der Waals surface area contributed by atoms with Crippen molar-refractivity contribution in [2.24, 2.45) is 5.92 Å². The molecule has 29 heavy (non-hydrogen) atoms. The molecule has 8 nitrogen and oxygen atoms in total. The topological polar surface area (TPSA) is 108 Å². The minimum absolute atomic E-state index is 0.133. The third-order valence-corrected chi connectivity index (χ3v) is 5.84. The molecule has 6 atom stereocenters. The Morgan fingerprint density at radius 2 is 2.14 bits per heavy atom. The molecule has 3 aliphatic heterocycles. The molecule has 3 heterocycles. The Labute approximate surface area is 169 Å². The van der Waals surface area contributed by atoms with E-state index < -0.39 is 53.3 Å². The van der Waals surface area contributed by atoms with Crippen LogP contribution in [0, 0.1) is 5.92 Å². The van der Waals surface area contributed by atoms with Crippen molar-refractivity contribution in [2.45, 2.75) is 62.6 Å². The van der Waals surface area contributed by atoms with Crippen molar-refractivity contribution in [3.05, 3.63) is 36.5 Å². The highest BCUT2D eigenvalue weighted by molar-refractivity contribution is 5.93. The van der Waals surface area contributed by atoms with E-state index >= 15 is 0 Å². The Balaban J connectivity index is 2.03. The zero-order valence-corrected chi connectivity index (χ0v) is 16.8. The molecule has 0 unspecified atom stereocenters. The average Bonchev–Trinajstić information content (AvgIpc) is 2.80. The number of esters is 3. The van der Waals surface area contributed by atoms with Crippen LogP contribution in [0.1, 0.15) is 33.1 Å². The van der Waals surface area contributed by atoms with Gasteiger partial charge in [0, 0.05) is 12.0 Å². The first-order valence-electron chi connectivity index (χ1n) is 9.46. The monoisotopic (exact) mass is 406 g/mol. The molecule has 2 fully saturated rings. The first-order valence-corrected chi connectivity index (χ1v) is 9.46. The lowest BCUT2D eigenvalue weighted by Crippen LogP contribution is -2.43. The van der Waals surface area contributed by atoms with E-state index in [4.69, 9.17) is 18.9 Å². The van der Waals surface area contributed by atoms with Crippen LogP contribution in [0.5, 0.6) is 0 Å². The standard InChI is InChI=1S/C21H26O8/c1-6-21(4,25)19(24)27-13-10-20(3)9-7-8-12(18(23)26-5)15(29-20)16-14(13)11(2)17(22)28-16/h6,8,13-16,25H,1-2,7,9-10H2,3-5H3/t13-,14-,15-,16+,20+,21+/m1/s1. The molecule has 0 spiro atoms. The van der Waals surface area contributed by atoms with Gasteiger partial charge in [-0.3, -0.25) is 0 Å². The van der Waals surface area contributed by atoms with E-state index in [9.17, 15) is 19.5 Å². The summed E-state index contributed by atoms with van der Waals surface area (Å²) in [6.07, 6.45) is 1.51. The van der Waals surface area contributed by atoms with Crippen LogP contribution in [0.4, 0.5) is 0 Å². The van der Waals surface area contributed by atoms with Gasteiger partial charge in [0.05, 0.1) is 24.2 Å². The summed E-state index contributed by atoms with van der Waals surface area (Å²) >= 11 is 0. The molecule has 3 rings (SSSR count). The molecule has 3 aliphatic rings. The van der Waals surface area contributed by atoms with Crippen LogP contribution in [0.2, 0.25) is 0 Å². The van der Waals surface area contributed by atoms with Crippen LogP contribution in [-0.4, -0.2) is 59.6 Å². The fourth-order valence-electron chi connectivity index (χ4n) is 4.09. The predicted molar refractivity (Wildman–Crippen MR) is 100 cm³/mol. The zero-order valence-electron chi connectivity index (χ0n) is 16.8. The number of rotatable bonds is 4. The molecule has 158 valence electrons. The number of methoxy groups -OCH3 is 1. The van der Waals surface area contributed by atoms with Crippen molar-refractivity contribution in [2.75, 3.05) is 7.11 Å². The van der Waals surface area contributed by atoms with E-state index in [1.165, 1.54) is 14.0 Å². The van der Waals surface area contributed by atoms with E-state index in [0.717, 1.165) is 6.08 Å². The third-order valence-electron chi connectivity index (χ3n) is 5.84. The van der Waals surface area contributed by atoms with Gasteiger partial charge in [-0.15, -0.1) is 0 Å². The molecule has 0 aromatic carbocycles. The normalized spacial score (nSPS) is 35.8. The third kappa shape index (κ3) is 3.74. The largest absolute Gasteiger partial charge is 0.466 e. The maximum Gasteiger partial charge on any atom is 0.342 e. The quantitative estimate of drug-likeness (QED) is 0.323. The van der Waals surface area contributed by atoms with Crippen molar-refractivity contribution >= 4 is 17.9 Å². The van der Waals surface area contributed by atoms with Crippen molar-refractivity contribution in [1.29, 1.82) is 0 Å². The van der Waals surface area contributed by atoms with Crippen molar-refractivity contribution < 1.29 is 38.4 Å². The second-order valence-corrected chi connectivity index (χ2v) is 8.10. The van der Waals surface area contributed by atoms with E-state index in [1.807, 2.05) is 6.92 Å². The molecule has 0 radical (unpaired) electrons. The van der Waals surface area contributed by atoms with E-state index in [0.29, 0.717) is 12.8 Å². The lowest BCUT2D eigenvalue weighted by Gasteiger charge is -2.33. The molecule has 0 saturated carbocycles. The minimum Gasteiger partial charge on any atom is -0.466 e. The highest BCUT2D eigenvalue weighted by Gasteiger charge is 2.57. The number of carbonyl (C=O) groups excluding carboxylic acids is 3. The van der Waals surface area contributed by atoms with Crippen LogP contribution in [0.15, 0.2) is 36.5 Å². The van der Waals surface area contributed by atoms with Gasteiger partial charge in [0.15, 0.2) is 5.60 Å². The number of ether oxygens (including phenoxy) is 4. The Morgan fingerprint density at radius 1 is 1.45 bits per heavy atom. The maximum absolute atomic E-state index is 12.5. The van der Waals surface area contributed by atoms with Gasteiger partial charge in [0.25, 0.3) is 0 Å². The molecule has 0 amide bonds. The van der Waals surface area contributed by atoms with Crippen molar-refractivity contribution in [1.82, 2.24) is 0 Å². The average molecular weight is 406 g/mol. The smallest absolute Gasteiger partial charge is 0.342 e. The summed E-state index contributed by atoms with van der Waals surface area (Å²) in [6, 6.07) is 0. The van der Waals surface area contributed by atoms with E-state index in [-0.39, 0.29) is 17.6 Å². The van der Waals surface area contributed by atoms with Crippen LogP contribution < -0.4 is 0 Å². The van der Waals surface area contributed by atoms with Gasteiger partial charge in [-0.25, -0.2) is 14.4 Å². The Bertz CT molecular complexity index is 795. The number of carbonyl (C=O) groups is 3. The maximum atomic E-state index is 12.5. The minimum atomic E-state index is -1.89. The van der Waals surface area contributed by atoms with Crippen LogP contribution in [0.25, 0.3) is 0 Å². The summed E-state index contributed by atoms with van der Waals surface area (Å²) in [4.78, 5) is 37.2. The molecular formula is C21H26O8. The van der Waals surface area contributed by atoms with Gasteiger partial charge in [0.2, 0.25) is 0 Å². The summed E-state index contributed by atoms with van der Waals surface area (Å²) < 4.78 is 22.3. The van der Waals surface area contributed by atoms with Gasteiger partial charge < -0.3 is 24.1 Å². The second kappa shape index (κ2) is 7.42. The van der Waals surface area contributed by atoms with Crippen LogP contribution in [-0.2, 0) is 33.3 Å². The van der Waals surface area contributed by atoms with Gasteiger partial charge >= 0.3 is 17.9 Å². The molecule has 0 aliphatic carbocycles. The SMILES string of the molecule is C=C[C@](C)(O)C(=O)O[C@@H]1C[C@]2(C)CCC=C(C(=O)OC)[C@@H](O2)[C@H]2OC(=O)C(=C)[C@@H]21. The van der Waals surface area contributed by atoms with Gasteiger partial charge in [-0.2, -0.15) is 0 Å². The number of hydrogen-bond donors (Lipinski definition) is 1. The summed E-state index contributed by atoms with van der Waals surface area (Å²) in [7, 11) is 1.27. The number of hydrogen-bond acceptors (Lipinski definition) is 8. The van der Waals surface area contributed by atoms with Crippen molar-refractivity contribution in [3.63, 3.8) is 0 Å². The van der Waals surface area contributed by atoms with Crippen LogP contribution >= 0.6 is 0 Å². The van der Waals surface area contributed by atoms with Crippen LogP contribution in [0.3, 0.4) is 0 Å². The Kier molecular flexibility index (Phi) is 5.44. The second-order valence-electron chi connectivity index (χ2n) is 8.10. The predicted octanol–water partition coefficient (Wildman–Crippen LogP) is 1.37. The highest BCUT2D eigenvalue weighted by atomic mass is 16.6. The van der Waals surface area contributed by atoms with E-state index in [2.05, 4.69) is 13.2 Å². The summed E-state index contributed by atoms with van der Waals surface area (Å²) in [6.45, 7) is 10.4. The first kappa shape index (κ1) is 21.3. The molecule has 2 bridgehead atoms. The fraction of sp³-hybridized carbons (Fsp3) is 0.571. The lowest BCUT2D eigenvalue weighted by atomic mass is 9.81. The lowest BCUT2D eigenvalue weighted by molar-refractivity contribution is -0.169. The number of allylic oxidation sites excluding steroid dienone is 1. The first-order chi connectivity index (χ1) is 13.5. The van der Waals surface area contributed by atoms with Gasteiger partial charge in [0.1, 0.15) is 18.3 Å². The Hall–Kier alpha value is -2.45. The summed E-state index contributed by atoms with van der Waals surface area (Å²) in [5, 5.41) is 10.2. The Morgan fingerprint density at radius 3 is 2.76 bits per heavy atom. The zero-order chi connectivity index (χ0) is 21.6. The van der Waals surface area contributed by atoms with Gasteiger partial charge in [-0.05, 0) is 32.8 Å². The molecule has 0 aromatic heterocycles. The summed E-state index contributed by atoms with van der Waals surface area (Å²) in [5.41, 5.74) is -2.26. The molecular weight excluding hydrogens is 380 g/mol. The molecule has 8 heteroatoms. The number of aliphatic hydroxyl groups is 1. The van der Waals surface area contributed by atoms with Crippen molar-refractivity contribution in [3.8, 4) is 0 Å². The summed E-state index contributed by atoms with van der Waals surface area (Å²) in [5.74, 6) is -2.84. The highest BCUT2D eigenvalue weighted by Crippen LogP contribution is 2.46. The fourth-order valence-corrected chi connectivity index (χ4v) is 4.09. The van der Waals surface area contributed by atoms with Gasteiger partial charge in [-0.1, -0.05) is 19.2 Å². The molecule has 2 saturated heterocycles. The van der Waals surface area contributed by atoms with E-state index in [1.54, 1.807) is 6.08 Å². The molecule has 1 N–H and O–H groups in total. The number of fused-ring (bicyclic) bond motifs is 4.